The normalized spacial score (nSPS) is 15.3. The smallest absolute Gasteiger partial charge is 0.228 e. The van der Waals surface area contributed by atoms with Crippen LogP contribution in [0.4, 0.5) is 16.9 Å². The topological polar surface area (TPSA) is 136 Å². The summed E-state index contributed by atoms with van der Waals surface area (Å²) in [4.78, 5) is 16.7. The lowest BCUT2D eigenvalue weighted by Gasteiger charge is -2.26. The summed E-state index contributed by atoms with van der Waals surface area (Å²) in [7, 11) is 0. The van der Waals surface area contributed by atoms with Gasteiger partial charge in [-0.15, -0.1) is 0 Å². The van der Waals surface area contributed by atoms with Crippen molar-refractivity contribution in [2.24, 2.45) is 0 Å². The molecule has 10 nitrogen and oxygen atoms in total. The van der Waals surface area contributed by atoms with Crippen LogP contribution in [-0.4, -0.2) is 48.1 Å². The standard InChI is InChI=1S/C25H26N8O2S/c1-16-4-6-17(7-5-16)21-3-2-8-33(21)24-29-22(18-12-28-32(14-18)9-10-34)20(15-35)23(30-24)31-25-27-13-19(11-26)36-25/h4-7,12-14,21,34-35H,2-3,8-10,15H2,1H3,(H,27,29,30,31)/t21-/m0/s1. The molecule has 0 saturated carbocycles. The van der Waals surface area contributed by atoms with E-state index in [9.17, 15) is 15.5 Å². The van der Waals surface area contributed by atoms with Crippen LogP contribution in [0, 0.1) is 18.3 Å². The summed E-state index contributed by atoms with van der Waals surface area (Å²) in [5.41, 5.74) is 4.18. The molecule has 1 fully saturated rings. The number of thiazole rings is 1. The SMILES string of the molecule is Cc1ccc([C@@H]2CCCN2c2nc(Nc3ncc(C#N)s3)c(CO)c(-c3cnn(CCO)c3)n2)cc1. The number of benzene rings is 1. The van der Waals surface area contributed by atoms with Gasteiger partial charge in [-0.05, 0) is 25.3 Å². The highest BCUT2D eigenvalue weighted by Crippen LogP contribution is 2.38. The predicted octanol–water partition coefficient (Wildman–Crippen LogP) is 3.55. The fourth-order valence-corrected chi connectivity index (χ4v) is 5.04. The highest BCUT2D eigenvalue weighted by Gasteiger charge is 2.30. The third-order valence-electron chi connectivity index (χ3n) is 6.20. The number of aliphatic hydroxyl groups excluding tert-OH is 2. The monoisotopic (exact) mass is 502 g/mol. The molecule has 0 spiro atoms. The van der Waals surface area contributed by atoms with Crippen LogP contribution in [0.15, 0.2) is 42.9 Å². The van der Waals surface area contributed by atoms with E-state index in [2.05, 4.69) is 57.6 Å². The van der Waals surface area contributed by atoms with Gasteiger partial charge in [-0.3, -0.25) is 4.68 Å². The van der Waals surface area contributed by atoms with Crippen molar-refractivity contribution in [3.05, 3.63) is 64.4 Å². The van der Waals surface area contributed by atoms with Gasteiger partial charge in [-0.1, -0.05) is 41.2 Å². The fourth-order valence-electron chi connectivity index (χ4n) is 4.43. The van der Waals surface area contributed by atoms with Gasteiger partial charge >= 0.3 is 0 Å². The van der Waals surface area contributed by atoms with Crippen molar-refractivity contribution in [2.45, 2.75) is 39.0 Å². The summed E-state index contributed by atoms with van der Waals surface area (Å²) in [6.45, 7) is 2.89. The van der Waals surface area contributed by atoms with E-state index >= 15 is 0 Å². The molecule has 1 aliphatic rings. The molecule has 3 aromatic heterocycles. The number of rotatable bonds is 8. The molecule has 11 heteroatoms. The Morgan fingerprint density at radius 2 is 2.03 bits per heavy atom. The number of aromatic nitrogens is 5. The Morgan fingerprint density at radius 1 is 1.19 bits per heavy atom. The van der Waals surface area contributed by atoms with Crippen LogP contribution in [0.1, 0.15) is 40.5 Å². The third kappa shape index (κ3) is 4.79. The molecule has 0 unspecified atom stereocenters. The fraction of sp³-hybridized carbons (Fsp3) is 0.320. The van der Waals surface area contributed by atoms with Gasteiger partial charge in [0.15, 0.2) is 5.13 Å². The van der Waals surface area contributed by atoms with Gasteiger partial charge in [0.25, 0.3) is 0 Å². The van der Waals surface area contributed by atoms with Gasteiger partial charge in [0.1, 0.15) is 16.8 Å². The molecule has 4 heterocycles. The Labute approximate surface area is 212 Å². The molecular weight excluding hydrogens is 476 g/mol. The second-order valence-corrected chi connectivity index (χ2v) is 9.63. The van der Waals surface area contributed by atoms with Gasteiger partial charge in [-0.2, -0.15) is 15.3 Å². The lowest BCUT2D eigenvalue weighted by atomic mass is 10.0. The number of nitrogens with zero attached hydrogens (tertiary/aromatic N) is 7. The maximum atomic E-state index is 10.3. The van der Waals surface area contributed by atoms with Crippen LogP contribution in [0.3, 0.4) is 0 Å². The number of hydrogen-bond acceptors (Lipinski definition) is 10. The van der Waals surface area contributed by atoms with E-state index in [0.29, 0.717) is 45.1 Å². The average molecular weight is 503 g/mol. The number of hydrogen-bond donors (Lipinski definition) is 3. The van der Waals surface area contributed by atoms with Crippen molar-refractivity contribution < 1.29 is 10.2 Å². The van der Waals surface area contributed by atoms with E-state index in [1.54, 1.807) is 17.1 Å². The van der Waals surface area contributed by atoms with Gasteiger partial charge in [0.05, 0.1) is 43.9 Å². The zero-order valence-electron chi connectivity index (χ0n) is 19.8. The van der Waals surface area contributed by atoms with Gasteiger partial charge in [-0.25, -0.2) is 9.97 Å². The Kier molecular flexibility index (Phi) is 6.90. The highest BCUT2D eigenvalue weighted by molar-refractivity contribution is 7.16. The number of aliphatic hydroxyl groups is 2. The second-order valence-electron chi connectivity index (χ2n) is 8.60. The van der Waals surface area contributed by atoms with Gasteiger partial charge in [0.2, 0.25) is 5.95 Å². The molecule has 5 rings (SSSR count). The summed E-state index contributed by atoms with van der Waals surface area (Å²) in [5, 5.41) is 36.9. The van der Waals surface area contributed by atoms with Crippen molar-refractivity contribution in [3.8, 4) is 17.3 Å². The first kappa shape index (κ1) is 23.9. The second kappa shape index (κ2) is 10.4. The highest BCUT2D eigenvalue weighted by atomic mass is 32.1. The Balaban J connectivity index is 1.60. The quantitative estimate of drug-likeness (QED) is 0.330. The van der Waals surface area contributed by atoms with Crippen molar-refractivity contribution in [1.29, 1.82) is 5.26 Å². The van der Waals surface area contributed by atoms with Crippen LogP contribution in [0.25, 0.3) is 11.3 Å². The van der Waals surface area contributed by atoms with E-state index in [-0.39, 0.29) is 19.3 Å². The van der Waals surface area contributed by atoms with Crippen molar-refractivity contribution in [1.82, 2.24) is 24.7 Å². The van der Waals surface area contributed by atoms with Crippen LogP contribution in [0.2, 0.25) is 0 Å². The molecule has 1 atom stereocenters. The summed E-state index contributed by atoms with van der Waals surface area (Å²) in [6, 6.07) is 10.8. The van der Waals surface area contributed by atoms with Crippen molar-refractivity contribution in [2.75, 3.05) is 23.4 Å². The number of nitrogens with one attached hydrogen (secondary N) is 1. The van der Waals surface area contributed by atoms with Gasteiger partial charge < -0.3 is 20.4 Å². The van der Waals surface area contributed by atoms with Crippen LogP contribution in [-0.2, 0) is 13.2 Å². The molecule has 0 radical (unpaired) electrons. The van der Waals surface area contributed by atoms with E-state index in [4.69, 9.17) is 9.97 Å². The number of anilines is 3. The molecule has 0 amide bonds. The minimum atomic E-state index is -0.305. The molecule has 1 saturated heterocycles. The van der Waals surface area contributed by atoms with E-state index in [1.807, 2.05) is 0 Å². The third-order valence-corrected chi connectivity index (χ3v) is 7.02. The summed E-state index contributed by atoms with van der Waals surface area (Å²) in [5.74, 6) is 0.973. The molecule has 1 aliphatic heterocycles. The van der Waals surface area contributed by atoms with Crippen LogP contribution >= 0.6 is 11.3 Å². The lowest BCUT2D eigenvalue weighted by molar-refractivity contribution is 0.269. The average Bonchev–Trinajstić information content (AvgIpc) is 3.65. The van der Waals surface area contributed by atoms with Crippen molar-refractivity contribution in [3.63, 3.8) is 0 Å². The molecule has 184 valence electrons. The first-order chi connectivity index (χ1) is 17.6. The van der Waals surface area contributed by atoms with Crippen LogP contribution in [0.5, 0.6) is 0 Å². The minimum absolute atomic E-state index is 0.0346. The summed E-state index contributed by atoms with van der Waals surface area (Å²) in [6.07, 6.45) is 6.96. The number of aryl methyl sites for hydroxylation is 1. The molecule has 0 aliphatic carbocycles. The summed E-state index contributed by atoms with van der Waals surface area (Å²) < 4.78 is 1.64. The van der Waals surface area contributed by atoms with E-state index < -0.39 is 0 Å². The van der Waals surface area contributed by atoms with E-state index in [0.717, 1.165) is 19.4 Å². The zero-order valence-corrected chi connectivity index (χ0v) is 20.6. The molecule has 36 heavy (non-hydrogen) atoms. The first-order valence-corrected chi connectivity index (χ1v) is 12.5. The van der Waals surface area contributed by atoms with Gasteiger partial charge in [0, 0.05) is 23.9 Å². The first-order valence-electron chi connectivity index (χ1n) is 11.7. The predicted molar refractivity (Wildman–Crippen MR) is 137 cm³/mol. The molecule has 3 N–H and O–H groups in total. The molecule has 1 aromatic carbocycles. The van der Waals surface area contributed by atoms with Crippen molar-refractivity contribution >= 4 is 28.2 Å². The molecule has 4 aromatic rings. The maximum Gasteiger partial charge on any atom is 0.228 e. The Morgan fingerprint density at radius 3 is 2.75 bits per heavy atom. The van der Waals surface area contributed by atoms with Crippen LogP contribution < -0.4 is 10.2 Å². The zero-order chi connectivity index (χ0) is 25.1. The largest absolute Gasteiger partial charge is 0.394 e. The Hall–Kier alpha value is -3.85. The summed E-state index contributed by atoms with van der Waals surface area (Å²) >= 11 is 1.21. The minimum Gasteiger partial charge on any atom is -0.394 e. The maximum absolute atomic E-state index is 10.3. The number of nitriles is 1. The molecular formula is C25H26N8O2S. The molecule has 0 bridgehead atoms. The van der Waals surface area contributed by atoms with E-state index in [1.165, 1.54) is 28.7 Å². The lowest BCUT2D eigenvalue weighted by Crippen LogP contribution is -2.25. The Bertz CT molecular complexity index is 1390.